The van der Waals surface area contributed by atoms with E-state index in [4.69, 9.17) is 0 Å². The Kier molecular flexibility index (Phi) is 5.09. The van der Waals surface area contributed by atoms with Crippen molar-refractivity contribution >= 4 is 37.6 Å². The summed E-state index contributed by atoms with van der Waals surface area (Å²) in [5, 5.41) is 7.43. The third-order valence-electron chi connectivity index (χ3n) is 4.63. The SMILES string of the molecule is C=PCC(=O)Nc1cccc(-c2ccc3c(c2)N=[N+]3Cc2ccccc2C)n1. The number of carbonyl (C=O) groups excluding carboxylic acids is 1. The number of hydrogen-bond acceptors (Lipinski definition) is 3. The van der Waals surface area contributed by atoms with Crippen LogP contribution in [-0.4, -0.2) is 28.0 Å². The first kappa shape index (κ1) is 18.2. The molecule has 5 nitrogen and oxygen atoms in total. The monoisotopic (exact) mass is 387 g/mol. The standard InChI is InChI=1S/C22H19N4OP/c1-15-6-3-4-7-17(15)13-26-20-11-10-16(12-19(20)25-26)18-8-5-9-21(23-18)24-22(27)14-28-2/h3-12H,2,13-14H2,1H3/p+1. The zero-order valence-electron chi connectivity index (χ0n) is 15.6. The lowest BCUT2D eigenvalue weighted by Crippen LogP contribution is -2.13. The Labute approximate surface area is 165 Å². The fourth-order valence-electron chi connectivity index (χ4n) is 3.14. The maximum absolute atomic E-state index is 11.8. The summed E-state index contributed by atoms with van der Waals surface area (Å²) in [7, 11) is 0.789. The Balaban J connectivity index is 1.52. The van der Waals surface area contributed by atoms with Crippen molar-refractivity contribution in [1.29, 1.82) is 0 Å². The minimum Gasteiger partial charge on any atom is -0.310 e. The Morgan fingerprint density at radius 1 is 1.14 bits per heavy atom. The Morgan fingerprint density at radius 3 is 2.79 bits per heavy atom. The number of nitrogens with one attached hydrogen (secondary N) is 1. The second-order valence-corrected chi connectivity index (χ2v) is 7.39. The van der Waals surface area contributed by atoms with Crippen molar-refractivity contribution in [2.45, 2.75) is 13.5 Å². The molecule has 0 aliphatic carbocycles. The van der Waals surface area contributed by atoms with Crippen LogP contribution in [0.1, 0.15) is 11.1 Å². The number of carbonyl (C=O) groups is 1. The van der Waals surface area contributed by atoms with E-state index in [1.54, 1.807) is 6.07 Å². The van der Waals surface area contributed by atoms with Gasteiger partial charge < -0.3 is 5.32 Å². The van der Waals surface area contributed by atoms with Gasteiger partial charge >= 0.3 is 0 Å². The predicted octanol–water partition coefficient (Wildman–Crippen LogP) is 5.32. The fourth-order valence-corrected chi connectivity index (χ4v) is 3.42. The van der Waals surface area contributed by atoms with Gasteiger partial charge in [0.1, 0.15) is 5.82 Å². The van der Waals surface area contributed by atoms with E-state index in [9.17, 15) is 4.79 Å². The van der Waals surface area contributed by atoms with Crippen molar-refractivity contribution in [2.75, 3.05) is 11.5 Å². The van der Waals surface area contributed by atoms with Crippen LogP contribution in [0.2, 0.25) is 0 Å². The van der Waals surface area contributed by atoms with Crippen molar-refractivity contribution in [3.8, 4) is 11.3 Å². The quantitative estimate of drug-likeness (QED) is 0.460. The van der Waals surface area contributed by atoms with Gasteiger partial charge in [-0.2, -0.15) is 0 Å². The summed E-state index contributed by atoms with van der Waals surface area (Å²) in [6, 6.07) is 20.1. The van der Waals surface area contributed by atoms with Gasteiger partial charge in [-0.3, -0.25) is 4.79 Å². The number of benzene rings is 2. The van der Waals surface area contributed by atoms with Gasteiger partial charge in [0, 0.05) is 22.3 Å². The molecule has 1 aliphatic heterocycles. The van der Waals surface area contributed by atoms with E-state index >= 15 is 0 Å². The summed E-state index contributed by atoms with van der Waals surface area (Å²) in [5.41, 5.74) is 6.39. The third kappa shape index (κ3) is 3.75. The van der Waals surface area contributed by atoms with Gasteiger partial charge in [-0.25, -0.2) is 4.98 Å². The zero-order chi connectivity index (χ0) is 19.5. The van der Waals surface area contributed by atoms with Crippen LogP contribution >= 0.6 is 8.20 Å². The Bertz CT molecular complexity index is 1110. The van der Waals surface area contributed by atoms with Crippen LogP contribution < -0.4 is 5.32 Å². The van der Waals surface area contributed by atoms with Crippen molar-refractivity contribution in [3.05, 3.63) is 71.8 Å². The Hall–Kier alpha value is -3.17. The molecule has 0 atom stereocenters. The van der Waals surface area contributed by atoms with Crippen molar-refractivity contribution in [1.82, 2.24) is 4.98 Å². The number of aromatic nitrogens is 1. The minimum atomic E-state index is -0.0830. The molecule has 6 heteroatoms. The highest BCUT2D eigenvalue weighted by molar-refractivity contribution is 7.37. The first-order chi connectivity index (χ1) is 13.6. The fraction of sp³-hybridized carbons (Fsp3) is 0.136. The number of fused-ring (bicyclic) bond motifs is 1. The van der Waals surface area contributed by atoms with Crippen LogP contribution in [0.4, 0.5) is 17.2 Å². The number of hydrogen-bond donors (Lipinski definition) is 1. The summed E-state index contributed by atoms with van der Waals surface area (Å²) >= 11 is 0. The second-order valence-electron chi connectivity index (χ2n) is 6.63. The molecule has 4 rings (SSSR count). The van der Waals surface area contributed by atoms with E-state index in [1.165, 1.54) is 11.1 Å². The smallest absolute Gasteiger partial charge is 0.264 e. The first-order valence-corrected chi connectivity index (χ1v) is 10.3. The summed E-state index contributed by atoms with van der Waals surface area (Å²) in [4.78, 5) is 16.3. The summed E-state index contributed by atoms with van der Waals surface area (Å²) < 4.78 is 2.02. The molecule has 138 valence electrons. The van der Waals surface area contributed by atoms with E-state index in [2.05, 4.69) is 59.0 Å². The van der Waals surface area contributed by atoms with E-state index in [0.717, 1.165) is 37.4 Å². The number of nitrogens with zero attached hydrogens (tertiary/aromatic N) is 3. The molecule has 1 N–H and O–H groups in total. The van der Waals surface area contributed by atoms with Gasteiger partial charge in [0.15, 0.2) is 0 Å². The molecule has 2 heterocycles. The molecule has 0 saturated heterocycles. The van der Waals surface area contributed by atoms with Crippen molar-refractivity contribution in [3.63, 3.8) is 0 Å². The van der Waals surface area contributed by atoms with Gasteiger partial charge in [0.05, 0.1) is 11.9 Å². The second kappa shape index (κ2) is 7.83. The van der Waals surface area contributed by atoms with Gasteiger partial charge in [0.25, 0.3) is 5.69 Å². The highest BCUT2D eigenvalue weighted by Gasteiger charge is 2.29. The maximum atomic E-state index is 11.8. The number of azo groups is 2. The topological polar surface area (TPSA) is 57.4 Å². The van der Waals surface area contributed by atoms with Crippen LogP contribution in [0.15, 0.2) is 65.8 Å². The number of amides is 1. The van der Waals surface area contributed by atoms with Crippen LogP contribution in [0.3, 0.4) is 0 Å². The summed E-state index contributed by atoms with van der Waals surface area (Å²) in [6.45, 7) is 2.89. The van der Waals surface area contributed by atoms with Crippen LogP contribution in [0, 0.1) is 6.92 Å². The lowest BCUT2D eigenvalue weighted by atomic mass is 10.1. The van der Waals surface area contributed by atoms with E-state index in [0.29, 0.717) is 12.0 Å². The molecule has 1 aromatic heterocycles. The number of rotatable bonds is 6. The van der Waals surface area contributed by atoms with Gasteiger partial charge in [0.2, 0.25) is 18.1 Å². The van der Waals surface area contributed by atoms with E-state index in [1.807, 2.05) is 29.0 Å². The lowest BCUT2D eigenvalue weighted by molar-refractivity contribution is -0.541. The largest absolute Gasteiger partial charge is 0.310 e. The minimum absolute atomic E-state index is 0.0830. The maximum Gasteiger partial charge on any atom is 0.264 e. The van der Waals surface area contributed by atoms with Crippen molar-refractivity contribution < 1.29 is 9.49 Å². The van der Waals surface area contributed by atoms with Gasteiger partial charge in [-0.1, -0.05) is 41.3 Å². The molecule has 0 bridgehead atoms. The molecule has 0 radical (unpaired) electrons. The van der Waals surface area contributed by atoms with Crippen LogP contribution in [-0.2, 0) is 11.3 Å². The first-order valence-electron chi connectivity index (χ1n) is 9.01. The molecular formula is C22H20N4OP+. The highest BCUT2D eigenvalue weighted by Crippen LogP contribution is 2.40. The molecule has 2 aromatic carbocycles. The average Bonchev–Trinajstić information content (AvgIpc) is 2.67. The number of aryl methyl sites for hydroxylation is 1. The molecule has 3 aromatic rings. The number of anilines is 1. The Morgan fingerprint density at radius 2 is 2.00 bits per heavy atom. The molecule has 28 heavy (non-hydrogen) atoms. The molecule has 0 saturated carbocycles. The van der Waals surface area contributed by atoms with Crippen molar-refractivity contribution in [2.24, 2.45) is 5.11 Å². The zero-order valence-corrected chi connectivity index (χ0v) is 16.5. The molecule has 0 spiro atoms. The molecule has 0 unspecified atom stereocenters. The highest BCUT2D eigenvalue weighted by atomic mass is 31.1. The summed E-state index contributed by atoms with van der Waals surface area (Å²) in [6.07, 6.45) is 4.03. The lowest BCUT2D eigenvalue weighted by Gasteiger charge is -2.12. The van der Waals surface area contributed by atoms with Crippen LogP contribution in [0.5, 0.6) is 0 Å². The molecule has 1 aliphatic rings. The third-order valence-corrected chi connectivity index (χ3v) is 5.14. The van der Waals surface area contributed by atoms with E-state index in [-0.39, 0.29) is 5.91 Å². The number of pyridine rings is 1. The molecular weight excluding hydrogens is 367 g/mol. The predicted molar refractivity (Wildman–Crippen MR) is 114 cm³/mol. The van der Waals surface area contributed by atoms with Crippen LogP contribution in [0.25, 0.3) is 11.3 Å². The molecule has 0 fully saturated rings. The van der Waals surface area contributed by atoms with E-state index < -0.39 is 0 Å². The average molecular weight is 387 g/mol. The normalized spacial score (nSPS) is 12.1. The van der Waals surface area contributed by atoms with Gasteiger partial charge in [-0.15, -0.1) is 8.20 Å². The molecule has 1 amide bonds. The van der Waals surface area contributed by atoms with Gasteiger partial charge in [-0.05, 0) is 36.8 Å². The summed E-state index contributed by atoms with van der Waals surface area (Å²) in [5.74, 6) is 0.465.